The molecule has 72 valence electrons. The molecule has 1 rings (SSSR count). The van der Waals surface area contributed by atoms with Crippen molar-refractivity contribution in [3.05, 3.63) is 0 Å². The highest BCUT2D eigenvalue weighted by atomic mass is 32.2. The number of hydrogen-bond donors (Lipinski definition) is 1. The number of aliphatic hydroxyl groups excluding tert-OH is 1. The lowest BCUT2D eigenvalue weighted by molar-refractivity contribution is 0.0610. The molecular formula is C9H19NOS. The zero-order chi connectivity index (χ0) is 9.14. The van der Waals surface area contributed by atoms with Crippen LogP contribution in [0.3, 0.4) is 0 Å². The number of rotatable bonds is 4. The van der Waals surface area contributed by atoms with Crippen molar-refractivity contribution in [3.63, 3.8) is 0 Å². The zero-order valence-corrected chi connectivity index (χ0v) is 8.97. The topological polar surface area (TPSA) is 23.5 Å². The molecule has 1 N–H and O–H groups in total. The number of aliphatic hydroxyl groups is 1. The molecule has 0 aromatic rings. The molecule has 0 bridgehead atoms. The van der Waals surface area contributed by atoms with Crippen LogP contribution in [0.5, 0.6) is 0 Å². The van der Waals surface area contributed by atoms with Crippen molar-refractivity contribution in [1.29, 1.82) is 0 Å². The van der Waals surface area contributed by atoms with Gasteiger partial charge in [-0.2, -0.15) is 11.8 Å². The Kier molecular flexibility index (Phi) is 3.87. The van der Waals surface area contributed by atoms with E-state index in [1.165, 1.54) is 13.1 Å². The molecule has 0 aromatic carbocycles. The van der Waals surface area contributed by atoms with Crippen molar-refractivity contribution in [2.75, 3.05) is 26.0 Å². The van der Waals surface area contributed by atoms with Gasteiger partial charge >= 0.3 is 0 Å². The molecule has 0 amide bonds. The van der Waals surface area contributed by atoms with E-state index < -0.39 is 0 Å². The number of nitrogens with zero attached hydrogens (tertiary/aromatic N) is 1. The summed E-state index contributed by atoms with van der Waals surface area (Å²) in [6.07, 6.45) is 2.07. The average molecular weight is 189 g/mol. The Labute approximate surface area is 79.3 Å². The first-order valence-electron chi connectivity index (χ1n) is 4.56. The maximum absolute atomic E-state index is 9.08. The fourth-order valence-corrected chi connectivity index (χ4v) is 2.45. The summed E-state index contributed by atoms with van der Waals surface area (Å²) < 4.78 is 0. The Hall–Kier alpha value is 0.270. The van der Waals surface area contributed by atoms with Gasteiger partial charge in [-0.1, -0.05) is 6.92 Å². The van der Waals surface area contributed by atoms with Gasteiger partial charge in [-0.3, -0.25) is 4.90 Å². The van der Waals surface area contributed by atoms with Crippen molar-refractivity contribution in [3.8, 4) is 0 Å². The first kappa shape index (κ1) is 10.4. The van der Waals surface area contributed by atoms with E-state index in [0.29, 0.717) is 17.9 Å². The van der Waals surface area contributed by atoms with E-state index in [-0.39, 0.29) is 0 Å². The fraction of sp³-hybridized carbons (Fsp3) is 1.00. The van der Waals surface area contributed by atoms with E-state index >= 15 is 0 Å². The summed E-state index contributed by atoms with van der Waals surface area (Å²) in [4.78, 5) is 2.45. The van der Waals surface area contributed by atoms with Crippen molar-refractivity contribution >= 4 is 11.8 Å². The van der Waals surface area contributed by atoms with Crippen LogP contribution in [0.25, 0.3) is 0 Å². The van der Waals surface area contributed by atoms with E-state index in [1.54, 1.807) is 11.8 Å². The molecule has 1 aliphatic heterocycles. The van der Waals surface area contributed by atoms with Crippen molar-refractivity contribution < 1.29 is 5.11 Å². The molecule has 2 nitrogen and oxygen atoms in total. The van der Waals surface area contributed by atoms with Gasteiger partial charge in [0.25, 0.3) is 0 Å². The maximum atomic E-state index is 9.08. The highest BCUT2D eigenvalue weighted by molar-refractivity contribution is 7.99. The molecule has 0 aromatic heterocycles. The van der Waals surface area contributed by atoms with E-state index in [1.807, 2.05) is 0 Å². The van der Waals surface area contributed by atoms with Crippen molar-refractivity contribution in [2.24, 2.45) is 5.92 Å². The molecule has 0 radical (unpaired) electrons. The third-order valence-electron chi connectivity index (χ3n) is 2.69. The molecule has 1 aliphatic rings. The summed E-state index contributed by atoms with van der Waals surface area (Å²) in [7, 11) is 0. The van der Waals surface area contributed by atoms with Crippen LogP contribution in [0.2, 0.25) is 0 Å². The molecule has 12 heavy (non-hydrogen) atoms. The minimum Gasteiger partial charge on any atom is -0.395 e. The first-order chi connectivity index (χ1) is 5.69. The second-order valence-electron chi connectivity index (χ2n) is 3.76. The molecule has 1 heterocycles. The van der Waals surface area contributed by atoms with Gasteiger partial charge in [-0.25, -0.2) is 0 Å². The summed E-state index contributed by atoms with van der Waals surface area (Å²) in [5, 5.41) is 9.47. The Morgan fingerprint density at radius 1 is 1.58 bits per heavy atom. The molecule has 3 heteroatoms. The van der Waals surface area contributed by atoms with E-state index in [9.17, 15) is 0 Å². The maximum Gasteiger partial charge on any atom is 0.0565 e. The van der Waals surface area contributed by atoms with Crippen LogP contribution in [0.1, 0.15) is 13.8 Å². The lowest BCUT2D eigenvalue weighted by Crippen LogP contribution is -2.53. The molecule has 2 atom stereocenters. The van der Waals surface area contributed by atoms with Gasteiger partial charge in [-0.05, 0) is 19.1 Å². The van der Waals surface area contributed by atoms with Gasteiger partial charge in [0, 0.05) is 24.4 Å². The zero-order valence-electron chi connectivity index (χ0n) is 8.16. The Balaban J connectivity index is 2.30. The molecule has 1 fully saturated rings. The number of likely N-dealkylation sites (tertiary alicyclic amines) is 1. The van der Waals surface area contributed by atoms with Crippen LogP contribution in [0.15, 0.2) is 0 Å². The standard InChI is InChI=1S/C9H19NOS/c1-7-4-10(5-7)8(2)9(6-11)12-3/h7-9,11H,4-6H2,1-3H3. The van der Waals surface area contributed by atoms with Gasteiger partial charge < -0.3 is 5.11 Å². The lowest BCUT2D eigenvalue weighted by Gasteiger charge is -2.43. The van der Waals surface area contributed by atoms with Gasteiger partial charge in [0.15, 0.2) is 0 Å². The van der Waals surface area contributed by atoms with E-state index in [0.717, 1.165) is 5.92 Å². The van der Waals surface area contributed by atoms with Crippen LogP contribution >= 0.6 is 11.8 Å². The SMILES string of the molecule is CSC(CO)C(C)N1CC(C)C1. The Morgan fingerprint density at radius 3 is 2.50 bits per heavy atom. The van der Waals surface area contributed by atoms with Crippen LogP contribution in [0.4, 0.5) is 0 Å². The highest BCUT2D eigenvalue weighted by Gasteiger charge is 2.30. The molecular weight excluding hydrogens is 170 g/mol. The summed E-state index contributed by atoms with van der Waals surface area (Å²) in [6.45, 7) is 7.20. The largest absolute Gasteiger partial charge is 0.395 e. The van der Waals surface area contributed by atoms with E-state index in [4.69, 9.17) is 5.11 Å². The van der Waals surface area contributed by atoms with Gasteiger partial charge in [0.05, 0.1) is 6.61 Å². The van der Waals surface area contributed by atoms with Crippen LogP contribution < -0.4 is 0 Å². The summed E-state index contributed by atoms with van der Waals surface area (Å²) in [5.74, 6) is 0.855. The Morgan fingerprint density at radius 2 is 2.17 bits per heavy atom. The summed E-state index contributed by atoms with van der Waals surface area (Å²) >= 11 is 1.77. The second kappa shape index (κ2) is 4.49. The van der Waals surface area contributed by atoms with Crippen LogP contribution in [-0.2, 0) is 0 Å². The third-order valence-corrected chi connectivity index (χ3v) is 3.84. The van der Waals surface area contributed by atoms with Gasteiger partial charge in [0.2, 0.25) is 0 Å². The molecule has 1 saturated heterocycles. The molecule has 0 saturated carbocycles. The first-order valence-corrected chi connectivity index (χ1v) is 5.85. The van der Waals surface area contributed by atoms with Crippen LogP contribution in [-0.4, -0.2) is 47.3 Å². The highest BCUT2D eigenvalue weighted by Crippen LogP contribution is 2.23. The third kappa shape index (κ3) is 2.15. The fourth-order valence-electron chi connectivity index (χ4n) is 1.74. The smallest absolute Gasteiger partial charge is 0.0565 e. The van der Waals surface area contributed by atoms with Crippen LogP contribution in [0, 0.1) is 5.92 Å². The molecule has 0 aliphatic carbocycles. The average Bonchev–Trinajstić information content (AvgIpc) is 2.01. The van der Waals surface area contributed by atoms with Gasteiger partial charge in [-0.15, -0.1) is 0 Å². The predicted octanol–water partition coefficient (Wildman–Crippen LogP) is 1.05. The van der Waals surface area contributed by atoms with Crippen molar-refractivity contribution in [2.45, 2.75) is 25.1 Å². The molecule has 0 spiro atoms. The second-order valence-corrected chi connectivity index (χ2v) is 4.83. The number of hydrogen-bond acceptors (Lipinski definition) is 3. The van der Waals surface area contributed by atoms with Crippen molar-refractivity contribution in [1.82, 2.24) is 4.90 Å². The quantitative estimate of drug-likeness (QED) is 0.715. The van der Waals surface area contributed by atoms with Gasteiger partial charge in [0.1, 0.15) is 0 Å². The lowest BCUT2D eigenvalue weighted by atomic mass is 9.99. The minimum absolute atomic E-state index is 0.299. The normalized spacial score (nSPS) is 25.0. The molecule has 2 unspecified atom stereocenters. The number of thioether (sulfide) groups is 1. The Bertz CT molecular complexity index is 132. The summed E-state index contributed by atoms with van der Waals surface area (Å²) in [6, 6.07) is 0.529. The monoisotopic (exact) mass is 189 g/mol. The summed E-state index contributed by atoms with van der Waals surface area (Å²) in [5.41, 5.74) is 0. The minimum atomic E-state index is 0.299. The van der Waals surface area contributed by atoms with E-state index in [2.05, 4.69) is 25.0 Å². The predicted molar refractivity (Wildman–Crippen MR) is 54.6 cm³/mol.